The van der Waals surface area contributed by atoms with Gasteiger partial charge in [-0.05, 0) is 20.1 Å². The number of nitrogens with zero attached hydrogens (tertiary/aromatic N) is 3. The summed E-state index contributed by atoms with van der Waals surface area (Å²) in [6, 6.07) is 0.100. The topological polar surface area (TPSA) is 93.0 Å². The van der Waals surface area contributed by atoms with Crippen molar-refractivity contribution < 1.29 is 4.92 Å². The minimum Gasteiger partial charge on any atom is -0.361 e. The summed E-state index contributed by atoms with van der Waals surface area (Å²) in [5, 5.41) is 16.9. The molecule has 0 aliphatic carbocycles. The van der Waals surface area contributed by atoms with Crippen molar-refractivity contribution in [2.75, 3.05) is 29.2 Å². The van der Waals surface area contributed by atoms with Crippen LogP contribution in [0.2, 0.25) is 0 Å². The molecule has 0 aliphatic rings. The summed E-state index contributed by atoms with van der Waals surface area (Å²) >= 11 is 1.67. The van der Waals surface area contributed by atoms with E-state index in [0.717, 1.165) is 5.75 Å². The van der Waals surface area contributed by atoms with Crippen molar-refractivity contribution in [3.8, 4) is 0 Å². The van der Waals surface area contributed by atoms with Crippen molar-refractivity contribution in [2.24, 2.45) is 0 Å². The van der Waals surface area contributed by atoms with Gasteiger partial charge in [0, 0.05) is 18.3 Å². The van der Waals surface area contributed by atoms with Crippen molar-refractivity contribution in [3.63, 3.8) is 0 Å². The lowest BCUT2D eigenvalue weighted by Gasteiger charge is -2.13. The van der Waals surface area contributed by atoms with Gasteiger partial charge in [-0.25, -0.2) is 4.98 Å². The first kappa shape index (κ1) is 14.5. The maximum Gasteiger partial charge on any atom is 0.329 e. The molecule has 0 radical (unpaired) electrons. The van der Waals surface area contributed by atoms with Gasteiger partial charge >= 0.3 is 5.69 Å². The Bertz CT molecular complexity index is 415. The highest BCUT2D eigenvalue weighted by Gasteiger charge is 2.18. The zero-order chi connectivity index (χ0) is 13.5. The lowest BCUT2D eigenvalue weighted by Crippen LogP contribution is -2.20. The highest BCUT2D eigenvalue weighted by Crippen LogP contribution is 2.23. The number of aromatic nitrogens is 2. The van der Waals surface area contributed by atoms with E-state index in [1.54, 1.807) is 11.8 Å². The molecule has 2 N–H and O–H groups in total. The second-order valence-corrected chi connectivity index (χ2v) is 4.63. The number of anilines is 2. The van der Waals surface area contributed by atoms with Crippen LogP contribution in [0.25, 0.3) is 0 Å². The molecule has 0 fully saturated rings. The second kappa shape index (κ2) is 7.00. The van der Waals surface area contributed by atoms with Gasteiger partial charge in [-0.2, -0.15) is 16.7 Å². The average Bonchev–Trinajstić information content (AvgIpc) is 2.29. The first-order valence-electron chi connectivity index (χ1n) is 5.59. The van der Waals surface area contributed by atoms with Crippen molar-refractivity contribution in [1.82, 2.24) is 9.97 Å². The van der Waals surface area contributed by atoms with E-state index in [-0.39, 0.29) is 17.5 Å². The van der Waals surface area contributed by atoms with Crippen LogP contribution < -0.4 is 10.6 Å². The van der Waals surface area contributed by atoms with E-state index in [1.165, 1.54) is 6.20 Å². The fraction of sp³-hybridized carbons (Fsp3) is 0.600. The molecule has 0 spiro atoms. The maximum absolute atomic E-state index is 10.9. The van der Waals surface area contributed by atoms with Crippen LogP contribution in [0, 0.1) is 10.1 Å². The molecule has 0 aromatic carbocycles. The Morgan fingerprint density at radius 1 is 1.61 bits per heavy atom. The van der Waals surface area contributed by atoms with E-state index < -0.39 is 4.92 Å². The summed E-state index contributed by atoms with van der Waals surface area (Å²) in [5.41, 5.74) is -0.107. The van der Waals surface area contributed by atoms with Gasteiger partial charge in [-0.15, -0.1) is 0 Å². The average molecular weight is 271 g/mol. The van der Waals surface area contributed by atoms with Crippen LogP contribution in [0.3, 0.4) is 0 Å². The predicted molar refractivity (Wildman–Crippen MR) is 74.3 cm³/mol. The van der Waals surface area contributed by atoms with Gasteiger partial charge < -0.3 is 10.6 Å². The van der Waals surface area contributed by atoms with Gasteiger partial charge in [0.25, 0.3) is 0 Å². The Hall–Kier alpha value is -1.57. The Balaban J connectivity index is 2.95. The molecule has 0 bridgehead atoms. The lowest BCUT2D eigenvalue weighted by molar-refractivity contribution is -0.384. The van der Waals surface area contributed by atoms with Gasteiger partial charge in [0.2, 0.25) is 11.8 Å². The first-order valence-corrected chi connectivity index (χ1v) is 6.98. The fourth-order valence-corrected chi connectivity index (χ4v) is 1.97. The summed E-state index contributed by atoms with van der Waals surface area (Å²) in [4.78, 5) is 18.4. The second-order valence-electron chi connectivity index (χ2n) is 3.72. The quantitative estimate of drug-likeness (QED) is 0.578. The molecule has 0 amide bonds. The van der Waals surface area contributed by atoms with E-state index in [9.17, 15) is 10.1 Å². The van der Waals surface area contributed by atoms with Gasteiger partial charge in [-0.3, -0.25) is 10.1 Å². The van der Waals surface area contributed by atoms with Crippen LogP contribution in [-0.2, 0) is 0 Å². The standard InChI is InChI=1S/C10H17N5O2S/c1-4-11-10-12-5-8(15(16)17)9(14-10)13-7(2)6-18-3/h5,7H,4,6H2,1-3H3,(H2,11,12,13,14). The van der Waals surface area contributed by atoms with Gasteiger partial charge in [-0.1, -0.05) is 0 Å². The molecule has 1 aromatic rings. The summed E-state index contributed by atoms with van der Waals surface area (Å²) < 4.78 is 0. The summed E-state index contributed by atoms with van der Waals surface area (Å²) in [6.45, 7) is 4.53. The highest BCUT2D eigenvalue weighted by molar-refractivity contribution is 7.98. The number of hydrogen-bond acceptors (Lipinski definition) is 7. The van der Waals surface area contributed by atoms with Crippen LogP contribution in [0.15, 0.2) is 6.20 Å². The predicted octanol–water partition coefficient (Wildman–Crippen LogP) is 1.98. The Morgan fingerprint density at radius 3 is 2.89 bits per heavy atom. The summed E-state index contributed by atoms with van der Waals surface area (Å²) in [6.07, 6.45) is 3.20. The van der Waals surface area contributed by atoms with Crippen molar-refractivity contribution >= 4 is 29.2 Å². The van der Waals surface area contributed by atoms with Crippen LogP contribution in [0.5, 0.6) is 0 Å². The van der Waals surface area contributed by atoms with E-state index in [2.05, 4.69) is 20.6 Å². The lowest BCUT2D eigenvalue weighted by atomic mass is 10.3. The molecule has 1 rings (SSSR count). The minimum absolute atomic E-state index is 0.100. The number of hydrogen-bond donors (Lipinski definition) is 2. The normalized spacial score (nSPS) is 11.9. The monoisotopic (exact) mass is 271 g/mol. The van der Waals surface area contributed by atoms with Crippen LogP contribution in [0.4, 0.5) is 17.5 Å². The SMILES string of the molecule is CCNc1ncc([N+](=O)[O-])c(NC(C)CSC)n1. The molecule has 8 heteroatoms. The molecule has 0 saturated heterocycles. The molecule has 1 atom stereocenters. The van der Waals surface area contributed by atoms with Crippen LogP contribution in [0.1, 0.15) is 13.8 Å². The zero-order valence-corrected chi connectivity index (χ0v) is 11.5. The van der Waals surface area contributed by atoms with Crippen molar-refractivity contribution in [2.45, 2.75) is 19.9 Å². The van der Waals surface area contributed by atoms with E-state index in [0.29, 0.717) is 12.5 Å². The Labute approximate surface area is 110 Å². The van der Waals surface area contributed by atoms with Gasteiger partial charge in [0.15, 0.2) is 0 Å². The van der Waals surface area contributed by atoms with E-state index in [1.807, 2.05) is 20.1 Å². The molecule has 7 nitrogen and oxygen atoms in total. The van der Waals surface area contributed by atoms with E-state index in [4.69, 9.17) is 0 Å². The molecule has 100 valence electrons. The summed E-state index contributed by atoms with van der Waals surface area (Å²) in [7, 11) is 0. The molecule has 0 aliphatic heterocycles. The van der Waals surface area contributed by atoms with Crippen molar-refractivity contribution in [1.29, 1.82) is 0 Å². The number of nitrogens with one attached hydrogen (secondary N) is 2. The van der Waals surface area contributed by atoms with Crippen LogP contribution >= 0.6 is 11.8 Å². The molecule has 1 aromatic heterocycles. The molecule has 1 unspecified atom stereocenters. The molecular weight excluding hydrogens is 254 g/mol. The molecule has 0 saturated carbocycles. The third-order valence-electron chi connectivity index (χ3n) is 2.10. The first-order chi connectivity index (χ1) is 8.58. The third-order valence-corrected chi connectivity index (χ3v) is 2.93. The maximum atomic E-state index is 10.9. The van der Waals surface area contributed by atoms with E-state index >= 15 is 0 Å². The highest BCUT2D eigenvalue weighted by atomic mass is 32.2. The number of rotatable bonds is 7. The van der Waals surface area contributed by atoms with Crippen molar-refractivity contribution in [3.05, 3.63) is 16.3 Å². The fourth-order valence-electron chi connectivity index (χ4n) is 1.38. The Morgan fingerprint density at radius 2 is 2.33 bits per heavy atom. The Kier molecular flexibility index (Phi) is 5.63. The van der Waals surface area contributed by atoms with Gasteiger partial charge in [0.1, 0.15) is 6.20 Å². The van der Waals surface area contributed by atoms with Gasteiger partial charge in [0.05, 0.1) is 4.92 Å². The molecule has 18 heavy (non-hydrogen) atoms. The van der Waals surface area contributed by atoms with Crippen LogP contribution in [-0.4, -0.2) is 39.5 Å². The third kappa shape index (κ3) is 4.02. The minimum atomic E-state index is -0.482. The molecular formula is C10H17N5O2S. The zero-order valence-electron chi connectivity index (χ0n) is 10.6. The largest absolute Gasteiger partial charge is 0.361 e. The summed E-state index contributed by atoms with van der Waals surface area (Å²) in [5.74, 6) is 1.49. The number of nitro groups is 1. The number of thioether (sulfide) groups is 1. The molecule has 1 heterocycles. The smallest absolute Gasteiger partial charge is 0.329 e.